The number of amides is 4. The van der Waals surface area contributed by atoms with Gasteiger partial charge in [0.1, 0.15) is 11.9 Å². The van der Waals surface area contributed by atoms with Crippen LogP contribution < -0.4 is 16.0 Å². The van der Waals surface area contributed by atoms with Gasteiger partial charge >= 0.3 is 0 Å². The second-order valence-electron chi connectivity index (χ2n) is 14.2. The molecule has 250 valence electrons. The summed E-state index contributed by atoms with van der Waals surface area (Å²) in [4.78, 5) is 55.6. The van der Waals surface area contributed by atoms with Gasteiger partial charge in [0.25, 0.3) is 11.8 Å². The maximum absolute atomic E-state index is 15.4. The molecule has 6 aliphatic rings. The van der Waals surface area contributed by atoms with Crippen LogP contribution >= 0.6 is 0 Å². The fourth-order valence-corrected chi connectivity index (χ4v) is 10.7. The standard InChI is InChI=1S/C32H43FN6O6S/c33-25-17-23-24(31(43)39(30(23)42)26-1-2-28(40)35-29(26)41)18-27(25)37-15-9-32(10-16-37)8-3-21(19-32)36-11-6-22(7-12-36)46(44,45)38-13-4-20(34)5-14-38/h17-18,20-22,26H,1-16,19,34H2,(H,35,40,41). The lowest BCUT2D eigenvalue weighted by molar-refractivity contribution is -0.136. The largest absolute Gasteiger partial charge is 0.369 e. The number of carbonyl (C=O) groups is 4. The first-order valence-corrected chi connectivity index (χ1v) is 18.2. The van der Waals surface area contributed by atoms with Gasteiger partial charge in [-0.25, -0.2) is 17.1 Å². The number of nitrogens with two attached hydrogens (primary N) is 1. The summed E-state index contributed by atoms with van der Waals surface area (Å²) in [5.41, 5.74) is 6.45. The molecule has 2 atom stereocenters. The number of hydrogen-bond donors (Lipinski definition) is 2. The van der Waals surface area contributed by atoms with E-state index in [9.17, 15) is 27.6 Å². The van der Waals surface area contributed by atoms with Crippen LogP contribution in [-0.4, -0.2) is 109 Å². The van der Waals surface area contributed by atoms with Crippen molar-refractivity contribution in [3.63, 3.8) is 0 Å². The molecular formula is C32H43FN6O6S. The van der Waals surface area contributed by atoms with Crippen molar-refractivity contribution < 1.29 is 32.0 Å². The third kappa shape index (κ3) is 5.54. The van der Waals surface area contributed by atoms with Crippen LogP contribution in [0.15, 0.2) is 12.1 Å². The fraction of sp³-hybridized carbons (Fsp3) is 0.688. The molecule has 4 saturated heterocycles. The van der Waals surface area contributed by atoms with E-state index in [4.69, 9.17) is 5.73 Å². The van der Waals surface area contributed by atoms with Crippen molar-refractivity contribution in [3.05, 3.63) is 29.1 Å². The van der Waals surface area contributed by atoms with Crippen molar-refractivity contribution in [2.24, 2.45) is 11.1 Å². The van der Waals surface area contributed by atoms with Crippen LogP contribution in [0, 0.1) is 11.2 Å². The van der Waals surface area contributed by atoms with Crippen molar-refractivity contribution in [1.29, 1.82) is 0 Å². The number of anilines is 1. The molecule has 1 aliphatic carbocycles. The molecule has 5 heterocycles. The van der Waals surface area contributed by atoms with Gasteiger partial charge in [-0.1, -0.05) is 0 Å². The molecule has 1 aromatic carbocycles. The average Bonchev–Trinajstić information content (AvgIpc) is 3.55. The lowest BCUT2D eigenvalue weighted by Gasteiger charge is -2.42. The van der Waals surface area contributed by atoms with Crippen LogP contribution in [0.25, 0.3) is 0 Å². The molecule has 7 rings (SSSR count). The zero-order valence-electron chi connectivity index (χ0n) is 26.1. The smallest absolute Gasteiger partial charge is 0.262 e. The number of nitrogens with one attached hydrogen (secondary N) is 1. The van der Waals surface area contributed by atoms with Crippen LogP contribution in [0.3, 0.4) is 0 Å². The number of fused-ring (bicyclic) bond motifs is 1. The fourth-order valence-electron chi connectivity index (χ4n) is 8.77. The van der Waals surface area contributed by atoms with Crippen LogP contribution in [0.5, 0.6) is 0 Å². The molecule has 5 aliphatic heterocycles. The summed E-state index contributed by atoms with van der Waals surface area (Å²) in [6, 6.07) is 1.97. The van der Waals surface area contributed by atoms with E-state index < -0.39 is 45.5 Å². The summed E-state index contributed by atoms with van der Waals surface area (Å²) in [7, 11) is -3.30. The van der Waals surface area contributed by atoms with Crippen LogP contribution in [-0.2, 0) is 19.6 Å². The third-order valence-corrected chi connectivity index (χ3v) is 14.0. The predicted octanol–water partition coefficient (Wildman–Crippen LogP) is 1.58. The van der Waals surface area contributed by atoms with Gasteiger partial charge in [-0.3, -0.25) is 29.4 Å². The maximum Gasteiger partial charge on any atom is 0.262 e. The van der Waals surface area contributed by atoms with Gasteiger partial charge < -0.3 is 15.5 Å². The second kappa shape index (κ2) is 11.9. The molecule has 5 fully saturated rings. The van der Waals surface area contributed by atoms with E-state index in [-0.39, 0.29) is 46.4 Å². The van der Waals surface area contributed by atoms with E-state index in [1.807, 2.05) is 4.90 Å². The Morgan fingerprint density at radius 1 is 0.826 bits per heavy atom. The molecular weight excluding hydrogens is 615 g/mol. The highest BCUT2D eigenvalue weighted by atomic mass is 32.2. The summed E-state index contributed by atoms with van der Waals surface area (Å²) >= 11 is 0. The SMILES string of the molecule is NC1CCN(S(=O)(=O)C2CCN(C3CCC4(CCN(c5cc6c(cc5F)C(=O)N(C5CCC(=O)NC5=O)C6=O)CC4)C3)CC2)CC1. The van der Waals surface area contributed by atoms with Gasteiger partial charge in [0, 0.05) is 44.7 Å². The Morgan fingerprint density at radius 2 is 1.48 bits per heavy atom. The second-order valence-corrected chi connectivity index (χ2v) is 16.4. The Kier molecular flexibility index (Phi) is 8.22. The minimum absolute atomic E-state index is 0.0225. The molecule has 14 heteroatoms. The number of likely N-dealkylation sites (tertiary alicyclic amines) is 1. The van der Waals surface area contributed by atoms with Crippen molar-refractivity contribution >= 4 is 39.3 Å². The van der Waals surface area contributed by atoms with Crippen LogP contribution in [0.4, 0.5) is 10.1 Å². The van der Waals surface area contributed by atoms with Crippen LogP contribution in [0.2, 0.25) is 0 Å². The normalized spacial score (nSPS) is 28.7. The van der Waals surface area contributed by atoms with E-state index in [2.05, 4.69) is 10.2 Å². The monoisotopic (exact) mass is 658 g/mol. The first kappa shape index (κ1) is 31.6. The first-order valence-electron chi connectivity index (χ1n) is 16.7. The van der Waals surface area contributed by atoms with Crippen LogP contribution in [0.1, 0.15) is 91.3 Å². The van der Waals surface area contributed by atoms with E-state index in [0.717, 1.165) is 69.0 Å². The molecule has 12 nitrogen and oxygen atoms in total. The lowest BCUT2D eigenvalue weighted by atomic mass is 9.76. The van der Waals surface area contributed by atoms with Crippen molar-refractivity contribution in [3.8, 4) is 0 Å². The zero-order valence-corrected chi connectivity index (χ0v) is 26.9. The molecule has 0 radical (unpaired) electrons. The number of halogens is 1. The Hall–Kier alpha value is -2.94. The topological polar surface area (TPSA) is 153 Å². The van der Waals surface area contributed by atoms with E-state index in [1.54, 1.807) is 4.31 Å². The van der Waals surface area contributed by atoms with Gasteiger partial charge in [0.15, 0.2) is 0 Å². The summed E-state index contributed by atoms with van der Waals surface area (Å²) in [6.07, 6.45) is 7.79. The maximum atomic E-state index is 15.4. The summed E-state index contributed by atoms with van der Waals surface area (Å²) < 4.78 is 43.6. The molecule has 1 aromatic rings. The zero-order chi connectivity index (χ0) is 32.4. The van der Waals surface area contributed by atoms with Gasteiger partial charge in [-0.15, -0.1) is 0 Å². The number of imide groups is 2. The summed E-state index contributed by atoms with van der Waals surface area (Å²) in [5.74, 6) is -3.07. The lowest BCUT2D eigenvalue weighted by Crippen LogP contribution is -2.54. The number of rotatable bonds is 5. The van der Waals surface area contributed by atoms with Crippen molar-refractivity contribution in [2.75, 3.05) is 44.2 Å². The van der Waals surface area contributed by atoms with Gasteiger partial charge in [-0.05, 0) is 94.8 Å². The Morgan fingerprint density at radius 3 is 2.13 bits per heavy atom. The molecule has 0 aromatic heterocycles. The number of carbonyl (C=O) groups excluding carboxylic acids is 4. The first-order chi connectivity index (χ1) is 22.0. The third-order valence-electron chi connectivity index (χ3n) is 11.6. The Bertz CT molecular complexity index is 1550. The Balaban J connectivity index is 0.952. The van der Waals surface area contributed by atoms with E-state index in [0.29, 0.717) is 45.1 Å². The highest BCUT2D eigenvalue weighted by Crippen LogP contribution is 2.49. The quantitative estimate of drug-likeness (QED) is 0.449. The molecule has 3 N–H and O–H groups in total. The van der Waals surface area contributed by atoms with Gasteiger partial charge in [0.2, 0.25) is 21.8 Å². The number of nitrogens with zero attached hydrogens (tertiary/aromatic N) is 4. The molecule has 0 bridgehead atoms. The minimum Gasteiger partial charge on any atom is -0.369 e. The molecule has 1 saturated carbocycles. The summed E-state index contributed by atoms with van der Waals surface area (Å²) in [6.45, 7) is 3.87. The van der Waals surface area contributed by atoms with E-state index >= 15 is 4.39 Å². The highest BCUT2D eigenvalue weighted by molar-refractivity contribution is 7.89. The number of hydrogen-bond acceptors (Lipinski definition) is 9. The predicted molar refractivity (Wildman–Crippen MR) is 167 cm³/mol. The molecule has 1 spiro atoms. The molecule has 2 unspecified atom stereocenters. The highest BCUT2D eigenvalue weighted by Gasteiger charge is 2.47. The number of piperidine rings is 4. The molecule has 4 amide bonds. The molecule has 46 heavy (non-hydrogen) atoms. The van der Waals surface area contributed by atoms with E-state index in [1.165, 1.54) is 6.07 Å². The number of benzene rings is 1. The van der Waals surface area contributed by atoms with Crippen molar-refractivity contribution in [2.45, 2.75) is 94.0 Å². The Labute approximate surface area is 268 Å². The minimum atomic E-state index is -3.30. The van der Waals surface area contributed by atoms with Gasteiger partial charge in [-0.2, -0.15) is 0 Å². The van der Waals surface area contributed by atoms with Gasteiger partial charge in [0.05, 0.1) is 22.1 Å². The van der Waals surface area contributed by atoms with Crippen molar-refractivity contribution in [1.82, 2.24) is 19.4 Å². The average molecular weight is 659 g/mol. The number of sulfonamides is 1. The summed E-state index contributed by atoms with van der Waals surface area (Å²) in [5, 5.41) is 1.86.